The minimum atomic E-state index is -0.645. The van der Waals surface area contributed by atoms with Crippen LogP contribution in [0.4, 0.5) is 5.69 Å². The number of thiophene rings is 1. The lowest BCUT2D eigenvalue weighted by Crippen LogP contribution is -2.48. The van der Waals surface area contributed by atoms with Crippen molar-refractivity contribution in [3.8, 4) is 0 Å². The van der Waals surface area contributed by atoms with E-state index in [1.807, 2.05) is 17.5 Å². The molecule has 1 aromatic heterocycles. The number of fused-ring (bicyclic) bond motifs is 1. The second-order valence-electron chi connectivity index (χ2n) is 7.21. The Morgan fingerprint density at radius 3 is 2.63 bits per heavy atom. The molecule has 0 aliphatic carbocycles. The lowest BCUT2D eigenvalue weighted by molar-refractivity contribution is -0.127. The number of anilines is 1. The Kier molecular flexibility index (Phi) is 5.70. The monoisotopic (exact) mass is 438 g/mol. The molecule has 0 saturated heterocycles. The van der Waals surface area contributed by atoms with E-state index < -0.39 is 12.0 Å². The van der Waals surface area contributed by atoms with Gasteiger partial charge in [-0.15, -0.1) is 11.3 Å². The standard InChI is InChI=1S/C23H19ClN2O3S/c1-13(14-4-6-15(7-5-14)21(27)20-3-2-10-30-20)22(28)26-19-11-16-8-9-17(24)12-18(16)25-23(19)29/h2-10,12-13,19H,11H2,1H3,(H,25,29)(H,26,28). The average molecular weight is 439 g/mol. The zero-order valence-corrected chi connectivity index (χ0v) is 17.7. The summed E-state index contributed by atoms with van der Waals surface area (Å²) < 4.78 is 0. The summed E-state index contributed by atoms with van der Waals surface area (Å²) in [4.78, 5) is 38.2. The number of carbonyl (C=O) groups is 3. The van der Waals surface area contributed by atoms with Crippen LogP contribution in [0, 0.1) is 0 Å². The fourth-order valence-corrected chi connectivity index (χ4v) is 4.27. The van der Waals surface area contributed by atoms with Crippen LogP contribution < -0.4 is 10.6 Å². The van der Waals surface area contributed by atoms with E-state index >= 15 is 0 Å². The normalized spacial score (nSPS) is 16.3. The fraction of sp³-hybridized carbons (Fsp3) is 0.174. The number of amides is 2. The quantitative estimate of drug-likeness (QED) is 0.579. The SMILES string of the molecule is CC(C(=O)NC1Cc2ccc(Cl)cc2NC1=O)c1ccc(C(=O)c2cccs2)cc1. The molecule has 2 atom stereocenters. The number of carbonyl (C=O) groups excluding carboxylic acids is 3. The van der Waals surface area contributed by atoms with Crippen LogP contribution in [0.3, 0.4) is 0 Å². The van der Waals surface area contributed by atoms with E-state index in [0.29, 0.717) is 27.6 Å². The van der Waals surface area contributed by atoms with Gasteiger partial charge in [0.05, 0.1) is 10.8 Å². The smallest absolute Gasteiger partial charge is 0.247 e. The summed E-state index contributed by atoms with van der Waals surface area (Å²) in [5, 5.41) is 8.04. The Labute approximate surface area is 183 Å². The van der Waals surface area contributed by atoms with Gasteiger partial charge in [0.15, 0.2) is 0 Å². The molecule has 1 aliphatic rings. The van der Waals surface area contributed by atoms with Gasteiger partial charge >= 0.3 is 0 Å². The molecule has 0 saturated carbocycles. The Morgan fingerprint density at radius 1 is 1.17 bits per heavy atom. The number of benzene rings is 2. The summed E-state index contributed by atoms with van der Waals surface area (Å²) in [5.41, 5.74) is 2.96. The first-order chi connectivity index (χ1) is 14.4. The average Bonchev–Trinajstić information content (AvgIpc) is 3.28. The number of ketones is 1. The van der Waals surface area contributed by atoms with E-state index in [0.717, 1.165) is 11.1 Å². The number of hydrogen-bond acceptors (Lipinski definition) is 4. The third kappa shape index (κ3) is 4.15. The molecule has 1 aliphatic heterocycles. The molecule has 4 rings (SSSR count). The van der Waals surface area contributed by atoms with Gasteiger partial charge in [-0.2, -0.15) is 0 Å². The summed E-state index contributed by atoms with van der Waals surface area (Å²) >= 11 is 7.37. The first-order valence-corrected chi connectivity index (χ1v) is 10.8. The van der Waals surface area contributed by atoms with Crippen LogP contribution in [0.1, 0.15) is 39.2 Å². The van der Waals surface area contributed by atoms with Crippen molar-refractivity contribution in [1.82, 2.24) is 5.32 Å². The maximum absolute atomic E-state index is 12.8. The molecule has 2 aromatic carbocycles. The minimum absolute atomic E-state index is 0.0358. The van der Waals surface area contributed by atoms with Crippen molar-refractivity contribution in [1.29, 1.82) is 0 Å². The van der Waals surface area contributed by atoms with Crippen LogP contribution in [0.2, 0.25) is 5.02 Å². The molecule has 30 heavy (non-hydrogen) atoms. The molecule has 0 radical (unpaired) electrons. The van der Waals surface area contributed by atoms with Crippen LogP contribution in [-0.2, 0) is 16.0 Å². The summed E-state index contributed by atoms with van der Waals surface area (Å²) in [7, 11) is 0. The van der Waals surface area contributed by atoms with Crippen molar-refractivity contribution in [3.05, 3.63) is 86.6 Å². The lowest BCUT2D eigenvalue weighted by atomic mass is 9.95. The first kappa shape index (κ1) is 20.3. The first-order valence-electron chi connectivity index (χ1n) is 9.50. The van der Waals surface area contributed by atoms with Crippen LogP contribution >= 0.6 is 22.9 Å². The maximum Gasteiger partial charge on any atom is 0.247 e. The Bertz CT molecular complexity index is 1110. The van der Waals surface area contributed by atoms with Crippen LogP contribution in [0.15, 0.2) is 60.0 Å². The summed E-state index contributed by atoms with van der Waals surface area (Å²) in [6.45, 7) is 1.78. The Morgan fingerprint density at radius 2 is 1.93 bits per heavy atom. The van der Waals surface area contributed by atoms with Crippen molar-refractivity contribution < 1.29 is 14.4 Å². The Balaban J connectivity index is 1.43. The van der Waals surface area contributed by atoms with Gasteiger partial charge in [-0.1, -0.05) is 48.0 Å². The van der Waals surface area contributed by atoms with E-state index in [4.69, 9.17) is 11.6 Å². The highest BCUT2D eigenvalue weighted by atomic mass is 35.5. The predicted octanol–water partition coefficient (Wildman–Crippen LogP) is 4.42. The zero-order valence-electron chi connectivity index (χ0n) is 16.1. The summed E-state index contributed by atoms with van der Waals surface area (Å²) in [6, 6.07) is 15.3. The molecule has 0 bridgehead atoms. The van der Waals surface area contributed by atoms with Gasteiger partial charge in [0.25, 0.3) is 0 Å². The van der Waals surface area contributed by atoms with E-state index in [1.165, 1.54) is 11.3 Å². The van der Waals surface area contributed by atoms with Gasteiger partial charge in [0.1, 0.15) is 6.04 Å². The van der Waals surface area contributed by atoms with E-state index in [9.17, 15) is 14.4 Å². The highest BCUT2D eigenvalue weighted by Crippen LogP contribution is 2.26. The van der Waals surface area contributed by atoms with Crippen molar-refractivity contribution in [3.63, 3.8) is 0 Å². The molecule has 0 spiro atoms. The molecule has 5 nitrogen and oxygen atoms in total. The molecule has 2 unspecified atom stereocenters. The molecule has 3 aromatic rings. The van der Waals surface area contributed by atoms with Gasteiger partial charge in [0.2, 0.25) is 17.6 Å². The maximum atomic E-state index is 12.8. The van der Waals surface area contributed by atoms with Gasteiger partial charge < -0.3 is 10.6 Å². The third-order valence-corrected chi connectivity index (χ3v) is 6.30. The van der Waals surface area contributed by atoms with Crippen LogP contribution in [-0.4, -0.2) is 23.6 Å². The van der Waals surface area contributed by atoms with Gasteiger partial charge in [-0.25, -0.2) is 0 Å². The van der Waals surface area contributed by atoms with Crippen molar-refractivity contribution in [2.45, 2.75) is 25.3 Å². The highest BCUT2D eigenvalue weighted by molar-refractivity contribution is 7.12. The van der Waals surface area contributed by atoms with E-state index in [-0.39, 0.29) is 17.6 Å². The molecule has 2 heterocycles. The number of halogens is 1. The van der Waals surface area contributed by atoms with E-state index in [2.05, 4.69) is 10.6 Å². The molecule has 2 N–H and O–H groups in total. The minimum Gasteiger partial charge on any atom is -0.343 e. The number of rotatable bonds is 5. The molecule has 0 fully saturated rings. The number of hydrogen-bond donors (Lipinski definition) is 2. The summed E-state index contributed by atoms with van der Waals surface area (Å²) in [5.74, 6) is -1.01. The second kappa shape index (κ2) is 8.42. The zero-order chi connectivity index (χ0) is 21.3. The van der Waals surface area contributed by atoms with E-state index in [1.54, 1.807) is 49.4 Å². The summed E-state index contributed by atoms with van der Waals surface area (Å²) in [6.07, 6.45) is 0.408. The molecule has 152 valence electrons. The van der Waals surface area contributed by atoms with Crippen molar-refractivity contribution in [2.75, 3.05) is 5.32 Å². The molecule has 7 heteroatoms. The molecule has 2 amide bonds. The van der Waals surface area contributed by atoms with Gasteiger partial charge in [-0.3, -0.25) is 14.4 Å². The van der Waals surface area contributed by atoms with Gasteiger partial charge in [-0.05, 0) is 41.6 Å². The lowest BCUT2D eigenvalue weighted by Gasteiger charge is -2.26. The van der Waals surface area contributed by atoms with Crippen LogP contribution in [0.5, 0.6) is 0 Å². The van der Waals surface area contributed by atoms with Gasteiger partial charge in [0, 0.05) is 22.7 Å². The van der Waals surface area contributed by atoms with Crippen molar-refractivity contribution in [2.24, 2.45) is 0 Å². The molecular formula is C23H19ClN2O3S. The highest BCUT2D eigenvalue weighted by Gasteiger charge is 2.29. The molecular weight excluding hydrogens is 420 g/mol. The largest absolute Gasteiger partial charge is 0.343 e. The second-order valence-corrected chi connectivity index (χ2v) is 8.59. The number of nitrogens with one attached hydrogen (secondary N) is 2. The van der Waals surface area contributed by atoms with Crippen molar-refractivity contribution >= 4 is 46.2 Å². The van der Waals surface area contributed by atoms with Crippen LogP contribution in [0.25, 0.3) is 0 Å². The predicted molar refractivity (Wildman–Crippen MR) is 118 cm³/mol. The fourth-order valence-electron chi connectivity index (χ4n) is 3.41. The third-order valence-electron chi connectivity index (χ3n) is 5.20. The topological polar surface area (TPSA) is 75.3 Å². The Hall–Kier alpha value is -2.96.